The first-order valence-electron chi connectivity index (χ1n) is 8.32. The minimum Gasteiger partial charge on any atom is -0.492 e. The lowest BCUT2D eigenvalue weighted by Gasteiger charge is -2.25. The molecule has 0 bridgehead atoms. The number of carbonyl (C=O) groups is 3. The highest BCUT2D eigenvalue weighted by molar-refractivity contribution is 6.35. The van der Waals surface area contributed by atoms with Gasteiger partial charge in [-0.25, -0.2) is 14.1 Å². The number of anilines is 1. The third kappa shape index (κ3) is 4.59. The van der Waals surface area contributed by atoms with E-state index < -0.39 is 29.5 Å². The summed E-state index contributed by atoms with van der Waals surface area (Å²) in [5, 5.41) is 9.34. The Morgan fingerprint density at radius 2 is 1.85 bits per heavy atom. The number of amides is 2. The first-order chi connectivity index (χ1) is 12.8. The summed E-state index contributed by atoms with van der Waals surface area (Å²) in [6.07, 6.45) is 1.59. The third-order valence-corrected chi connectivity index (χ3v) is 4.62. The van der Waals surface area contributed by atoms with Crippen LogP contribution in [0.4, 0.5) is 10.1 Å². The Hall–Kier alpha value is -2.12. The van der Waals surface area contributed by atoms with Gasteiger partial charge in [0.1, 0.15) is 17.4 Å². The van der Waals surface area contributed by atoms with Crippen LogP contribution in [0.3, 0.4) is 0 Å². The molecule has 0 heterocycles. The molecule has 0 aromatic heterocycles. The van der Waals surface area contributed by atoms with Crippen LogP contribution < -0.4 is 9.64 Å². The predicted molar refractivity (Wildman–Crippen MR) is 98.9 cm³/mol. The van der Waals surface area contributed by atoms with Crippen LogP contribution in [-0.4, -0.2) is 35.4 Å². The van der Waals surface area contributed by atoms with Gasteiger partial charge in [-0.05, 0) is 38.7 Å². The smallest absolute Gasteiger partial charge is 0.332 e. The van der Waals surface area contributed by atoms with Crippen molar-refractivity contribution in [3.05, 3.63) is 34.1 Å². The molecule has 0 radical (unpaired) electrons. The zero-order valence-electron chi connectivity index (χ0n) is 14.6. The first kappa shape index (κ1) is 21.2. The van der Waals surface area contributed by atoms with Gasteiger partial charge in [0, 0.05) is 17.2 Å². The Morgan fingerprint density at radius 3 is 2.41 bits per heavy atom. The van der Waals surface area contributed by atoms with Crippen molar-refractivity contribution in [3.63, 3.8) is 0 Å². The molecule has 2 rings (SSSR count). The van der Waals surface area contributed by atoms with E-state index in [2.05, 4.69) is 0 Å². The molecule has 0 fully saturated rings. The number of aliphatic carboxylic acids is 1. The number of carboxylic acids is 1. The summed E-state index contributed by atoms with van der Waals surface area (Å²) in [7, 11) is 0. The molecule has 1 aliphatic carbocycles. The molecule has 1 aliphatic rings. The number of benzene rings is 1. The first-order valence-corrected chi connectivity index (χ1v) is 9.23. The number of halogens is 3. The van der Waals surface area contributed by atoms with Gasteiger partial charge in [-0.15, -0.1) is 11.6 Å². The van der Waals surface area contributed by atoms with Crippen molar-refractivity contribution < 1.29 is 28.6 Å². The monoisotopic (exact) mass is 417 g/mol. The minimum atomic E-state index is -1.23. The second-order valence-corrected chi connectivity index (χ2v) is 6.48. The van der Waals surface area contributed by atoms with Gasteiger partial charge in [0.2, 0.25) is 5.91 Å². The van der Waals surface area contributed by atoms with E-state index in [9.17, 15) is 23.9 Å². The maximum atomic E-state index is 14.5. The average molecular weight is 418 g/mol. The van der Waals surface area contributed by atoms with E-state index in [0.717, 1.165) is 12.1 Å². The topological polar surface area (TPSA) is 83.9 Å². The summed E-state index contributed by atoms with van der Waals surface area (Å²) >= 11 is 11.5. The van der Waals surface area contributed by atoms with Gasteiger partial charge in [0.05, 0.1) is 17.3 Å². The predicted octanol–water partition coefficient (Wildman–Crippen LogP) is 3.93. The second-order valence-electron chi connectivity index (χ2n) is 5.80. The molecule has 0 unspecified atom stereocenters. The fourth-order valence-corrected chi connectivity index (χ4v) is 3.21. The standard InChI is InChI=1S/C18H18Cl2FNO5/c1-2-27-15-8-14(13(21)7-12(15)20)22(16(23)9-19)17(24)10-5-3-4-6-11(10)18(25)26/h7-8H,2-6,9H2,1H3,(H,25,26). The molecule has 1 aromatic rings. The molecule has 0 spiro atoms. The molecule has 1 aromatic carbocycles. The van der Waals surface area contributed by atoms with E-state index in [4.69, 9.17) is 27.9 Å². The van der Waals surface area contributed by atoms with Crippen LogP contribution in [0, 0.1) is 5.82 Å². The second kappa shape index (κ2) is 9.19. The number of nitrogens with zero attached hydrogens (tertiary/aromatic N) is 1. The van der Waals surface area contributed by atoms with Crippen molar-refractivity contribution in [2.24, 2.45) is 0 Å². The summed E-state index contributed by atoms with van der Waals surface area (Å²) in [4.78, 5) is 37.4. The molecule has 2 amide bonds. The normalized spacial score (nSPS) is 14.1. The van der Waals surface area contributed by atoms with Gasteiger partial charge in [-0.1, -0.05) is 11.6 Å². The van der Waals surface area contributed by atoms with E-state index in [1.54, 1.807) is 6.92 Å². The highest BCUT2D eigenvalue weighted by Gasteiger charge is 2.33. The zero-order valence-corrected chi connectivity index (χ0v) is 16.1. The Balaban J connectivity index is 2.60. The largest absolute Gasteiger partial charge is 0.492 e. The van der Waals surface area contributed by atoms with Gasteiger partial charge >= 0.3 is 5.97 Å². The van der Waals surface area contributed by atoms with Crippen molar-refractivity contribution in [1.82, 2.24) is 0 Å². The van der Waals surface area contributed by atoms with Gasteiger partial charge < -0.3 is 9.84 Å². The van der Waals surface area contributed by atoms with Crippen molar-refractivity contribution in [1.29, 1.82) is 0 Å². The van der Waals surface area contributed by atoms with E-state index in [-0.39, 0.29) is 47.1 Å². The van der Waals surface area contributed by atoms with Crippen molar-refractivity contribution >= 4 is 46.7 Å². The maximum Gasteiger partial charge on any atom is 0.332 e. The summed E-state index contributed by atoms with van der Waals surface area (Å²) in [6.45, 7) is 1.93. The van der Waals surface area contributed by atoms with E-state index >= 15 is 0 Å². The number of hydrogen-bond donors (Lipinski definition) is 1. The molecule has 0 saturated carbocycles. The number of carbonyl (C=O) groups excluding carboxylic acids is 2. The van der Waals surface area contributed by atoms with Crippen LogP contribution in [0.1, 0.15) is 32.6 Å². The molecule has 0 atom stereocenters. The number of rotatable bonds is 6. The summed E-state index contributed by atoms with van der Waals surface area (Å²) in [5.41, 5.74) is -0.487. The Morgan fingerprint density at radius 1 is 1.22 bits per heavy atom. The van der Waals surface area contributed by atoms with Crippen LogP contribution in [-0.2, 0) is 14.4 Å². The number of hydrogen-bond acceptors (Lipinski definition) is 4. The van der Waals surface area contributed by atoms with Crippen LogP contribution >= 0.6 is 23.2 Å². The minimum absolute atomic E-state index is 0.0214. The number of ether oxygens (including phenoxy) is 1. The zero-order chi connectivity index (χ0) is 20.1. The fraction of sp³-hybridized carbons (Fsp3) is 0.389. The molecule has 1 N–H and O–H groups in total. The van der Waals surface area contributed by atoms with E-state index in [1.165, 1.54) is 0 Å². The lowest BCUT2D eigenvalue weighted by molar-refractivity contribution is -0.133. The van der Waals surface area contributed by atoms with Crippen molar-refractivity contribution in [2.45, 2.75) is 32.6 Å². The third-order valence-electron chi connectivity index (χ3n) is 4.09. The molecule has 0 aliphatic heterocycles. The lowest BCUT2D eigenvalue weighted by atomic mass is 9.90. The average Bonchev–Trinajstić information content (AvgIpc) is 2.65. The molecular formula is C18H18Cl2FNO5. The summed E-state index contributed by atoms with van der Waals surface area (Å²) < 4.78 is 19.8. The highest BCUT2D eigenvalue weighted by atomic mass is 35.5. The number of carboxylic acid groups (broad SMARTS) is 1. The number of imide groups is 1. The highest BCUT2D eigenvalue weighted by Crippen LogP contribution is 2.35. The Kier molecular flexibility index (Phi) is 7.21. The van der Waals surface area contributed by atoms with E-state index in [1.807, 2.05) is 0 Å². The quantitative estimate of drug-likeness (QED) is 0.708. The van der Waals surface area contributed by atoms with Gasteiger partial charge in [-0.3, -0.25) is 9.59 Å². The summed E-state index contributed by atoms with van der Waals surface area (Å²) in [6, 6.07) is 2.06. The molecule has 6 nitrogen and oxygen atoms in total. The fourth-order valence-electron chi connectivity index (χ4n) is 2.88. The molecular weight excluding hydrogens is 400 g/mol. The van der Waals surface area contributed by atoms with Gasteiger partial charge in [-0.2, -0.15) is 0 Å². The summed E-state index contributed by atoms with van der Waals surface area (Å²) in [5.74, 6) is -4.44. The molecule has 27 heavy (non-hydrogen) atoms. The lowest BCUT2D eigenvalue weighted by Crippen LogP contribution is -2.40. The molecule has 146 valence electrons. The number of alkyl halides is 1. The van der Waals surface area contributed by atoms with Gasteiger partial charge in [0.15, 0.2) is 0 Å². The van der Waals surface area contributed by atoms with Crippen molar-refractivity contribution in [2.75, 3.05) is 17.4 Å². The van der Waals surface area contributed by atoms with Crippen LogP contribution in [0.2, 0.25) is 5.02 Å². The molecule has 9 heteroatoms. The Labute approximate surface area is 165 Å². The Bertz CT molecular complexity index is 809. The maximum absolute atomic E-state index is 14.5. The molecule has 0 saturated heterocycles. The van der Waals surface area contributed by atoms with Crippen molar-refractivity contribution in [3.8, 4) is 5.75 Å². The van der Waals surface area contributed by atoms with E-state index in [0.29, 0.717) is 17.7 Å². The SMILES string of the molecule is CCOc1cc(N(C(=O)CCl)C(=O)C2=C(C(=O)O)CCCC2)c(F)cc1Cl. The van der Waals surface area contributed by atoms with Gasteiger partial charge in [0.25, 0.3) is 5.91 Å². The van der Waals surface area contributed by atoms with Crippen LogP contribution in [0.15, 0.2) is 23.3 Å². The van der Waals surface area contributed by atoms with Crippen LogP contribution in [0.5, 0.6) is 5.75 Å². The van der Waals surface area contributed by atoms with Crippen LogP contribution in [0.25, 0.3) is 0 Å².